The van der Waals surface area contributed by atoms with Crippen LogP contribution < -0.4 is 15.4 Å². The number of fused-ring (bicyclic) bond motifs is 3. The van der Waals surface area contributed by atoms with Gasteiger partial charge in [0.1, 0.15) is 12.4 Å². The number of para-hydroxylation sites is 1. The highest BCUT2D eigenvalue weighted by Gasteiger charge is 2.22. The zero-order valence-corrected chi connectivity index (χ0v) is 14.7. The first kappa shape index (κ1) is 17.8. The Morgan fingerprint density at radius 1 is 1.26 bits per heavy atom. The van der Waals surface area contributed by atoms with Crippen LogP contribution in [0.25, 0.3) is 10.4 Å². The average molecular weight is 353 g/mol. The third-order valence-electron chi connectivity index (χ3n) is 3.56. The van der Waals surface area contributed by atoms with Gasteiger partial charge in [0, 0.05) is 29.1 Å². The molecule has 0 atom stereocenters. The molecule has 3 rings (SSSR count). The van der Waals surface area contributed by atoms with E-state index in [4.69, 9.17) is 4.74 Å². The van der Waals surface area contributed by atoms with E-state index in [1.165, 1.54) is 0 Å². The number of benzene rings is 1. The van der Waals surface area contributed by atoms with Gasteiger partial charge in [0.25, 0.3) is 5.91 Å². The Balaban J connectivity index is 0.00000192. The number of carbonyl (C=O) groups excluding carboxylic acids is 1. The van der Waals surface area contributed by atoms with Crippen molar-refractivity contribution in [3.8, 4) is 16.2 Å². The fraction of sp³-hybridized carbons (Fsp3) is 0.353. The second kappa shape index (κ2) is 8.34. The van der Waals surface area contributed by atoms with E-state index in [2.05, 4.69) is 17.6 Å². The molecule has 2 heterocycles. The molecule has 0 spiro atoms. The highest BCUT2D eigenvalue weighted by molar-refractivity contribution is 7.17. The van der Waals surface area contributed by atoms with Gasteiger partial charge in [0.15, 0.2) is 0 Å². The molecule has 2 aromatic rings. The fourth-order valence-corrected chi connectivity index (χ4v) is 3.58. The third kappa shape index (κ3) is 4.05. The van der Waals surface area contributed by atoms with Crippen molar-refractivity contribution in [1.82, 2.24) is 10.6 Å². The molecular formula is C17H21ClN2O2S. The number of carbonyl (C=O) groups is 1. The molecule has 1 aliphatic heterocycles. The molecule has 2 N–H and O–H groups in total. The molecule has 1 aromatic heterocycles. The summed E-state index contributed by atoms with van der Waals surface area (Å²) in [6, 6.07) is 9.92. The molecule has 23 heavy (non-hydrogen) atoms. The molecule has 0 unspecified atom stereocenters. The molecule has 1 aromatic carbocycles. The largest absolute Gasteiger partial charge is 0.488 e. The highest BCUT2D eigenvalue weighted by Crippen LogP contribution is 2.42. The Morgan fingerprint density at radius 3 is 2.91 bits per heavy atom. The predicted octanol–water partition coefficient (Wildman–Crippen LogP) is 3.46. The maximum Gasteiger partial charge on any atom is 0.261 e. The smallest absolute Gasteiger partial charge is 0.261 e. The molecule has 0 saturated heterocycles. The molecule has 0 radical (unpaired) electrons. The van der Waals surface area contributed by atoms with Crippen LogP contribution in [0.3, 0.4) is 0 Å². The molecule has 1 aliphatic rings. The molecule has 1 amide bonds. The average Bonchev–Trinajstić information content (AvgIpc) is 2.99. The maximum atomic E-state index is 12.2. The Labute approximate surface area is 146 Å². The lowest BCUT2D eigenvalue weighted by molar-refractivity contribution is 0.0958. The third-order valence-corrected chi connectivity index (χ3v) is 4.77. The SMILES string of the molecule is CCCNCCNC(=O)c1cc2c(s1)-c1ccccc1OC2.Cl. The second-order valence-electron chi connectivity index (χ2n) is 5.26. The highest BCUT2D eigenvalue weighted by atomic mass is 35.5. The van der Waals surface area contributed by atoms with Crippen LogP contribution in [0.1, 0.15) is 28.6 Å². The summed E-state index contributed by atoms with van der Waals surface area (Å²) >= 11 is 1.54. The maximum absolute atomic E-state index is 12.2. The van der Waals surface area contributed by atoms with E-state index >= 15 is 0 Å². The van der Waals surface area contributed by atoms with Crippen molar-refractivity contribution in [2.75, 3.05) is 19.6 Å². The number of thiophene rings is 1. The van der Waals surface area contributed by atoms with Crippen molar-refractivity contribution in [3.05, 3.63) is 40.8 Å². The van der Waals surface area contributed by atoms with E-state index in [1.807, 2.05) is 30.3 Å². The lowest BCUT2D eigenvalue weighted by Crippen LogP contribution is -2.31. The summed E-state index contributed by atoms with van der Waals surface area (Å²) in [6.07, 6.45) is 1.10. The number of hydrogen-bond acceptors (Lipinski definition) is 4. The number of hydrogen-bond donors (Lipinski definition) is 2. The van der Waals surface area contributed by atoms with Gasteiger partial charge in [-0.2, -0.15) is 0 Å². The molecule has 0 bridgehead atoms. The van der Waals surface area contributed by atoms with Crippen molar-refractivity contribution in [2.24, 2.45) is 0 Å². The van der Waals surface area contributed by atoms with E-state index in [0.717, 1.165) is 46.1 Å². The minimum absolute atomic E-state index is 0. The summed E-state index contributed by atoms with van der Waals surface area (Å²) in [5, 5.41) is 6.23. The van der Waals surface area contributed by atoms with Crippen LogP contribution in [0.5, 0.6) is 5.75 Å². The molecule has 4 nitrogen and oxygen atoms in total. The summed E-state index contributed by atoms with van der Waals surface area (Å²) in [5.74, 6) is 0.891. The Kier molecular flexibility index (Phi) is 6.45. The van der Waals surface area contributed by atoms with E-state index in [1.54, 1.807) is 11.3 Å². The van der Waals surface area contributed by atoms with Gasteiger partial charge in [-0.3, -0.25) is 4.79 Å². The summed E-state index contributed by atoms with van der Waals surface area (Å²) in [6.45, 7) is 5.10. The van der Waals surface area contributed by atoms with E-state index in [9.17, 15) is 4.79 Å². The lowest BCUT2D eigenvalue weighted by atomic mass is 10.1. The molecular weight excluding hydrogens is 332 g/mol. The minimum Gasteiger partial charge on any atom is -0.488 e. The topological polar surface area (TPSA) is 50.4 Å². The monoisotopic (exact) mass is 352 g/mol. The molecule has 124 valence electrons. The van der Waals surface area contributed by atoms with Crippen LogP contribution in [-0.2, 0) is 6.61 Å². The van der Waals surface area contributed by atoms with Gasteiger partial charge in [-0.1, -0.05) is 19.1 Å². The first-order chi connectivity index (χ1) is 10.8. The van der Waals surface area contributed by atoms with Gasteiger partial charge in [-0.05, 0) is 31.2 Å². The van der Waals surface area contributed by atoms with Gasteiger partial charge in [-0.15, -0.1) is 23.7 Å². The number of nitrogens with one attached hydrogen (secondary N) is 2. The van der Waals surface area contributed by atoms with Crippen molar-refractivity contribution in [2.45, 2.75) is 20.0 Å². The van der Waals surface area contributed by atoms with Crippen LogP contribution in [0.4, 0.5) is 0 Å². The number of ether oxygens (including phenoxy) is 1. The predicted molar refractivity (Wildman–Crippen MR) is 96.8 cm³/mol. The Bertz CT molecular complexity index is 672. The zero-order chi connectivity index (χ0) is 15.4. The summed E-state index contributed by atoms with van der Waals surface area (Å²) in [4.78, 5) is 14.1. The van der Waals surface area contributed by atoms with Gasteiger partial charge in [0.05, 0.1) is 4.88 Å². The van der Waals surface area contributed by atoms with Crippen molar-refractivity contribution in [1.29, 1.82) is 0 Å². The van der Waals surface area contributed by atoms with Crippen LogP contribution in [-0.4, -0.2) is 25.5 Å². The van der Waals surface area contributed by atoms with Gasteiger partial charge in [-0.25, -0.2) is 0 Å². The Morgan fingerprint density at radius 2 is 2.09 bits per heavy atom. The molecule has 6 heteroatoms. The van der Waals surface area contributed by atoms with E-state index < -0.39 is 0 Å². The van der Waals surface area contributed by atoms with Crippen LogP contribution in [0.2, 0.25) is 0 Å². The summed E-state index contributed by atoms with van der Waals surface area (Å²) in [5.41, 5.74) is 2.18. The number of halogens is 1. The van der Waals surface area contributed by atoms with Crippen LogP contribution in [0.15, 0.2) is 30.3 Å². The van der Waals surface area contributed by atoms with E-state index in [-0.39, 0.29) is 18.3 Å². The van der Waals surface area contributed by atoms with E-state index in [0.29, 0.717) is 13.2 Å². The van der Waals surface area contributed by atoms with Crippen molar-refractivity contribution >= 4 is 29.7 Å². The van der Waals surface area contributed by atoms with Gasteiger partial charge >= 0.3 is 0 Å². The van der Waals surface area contributed by atoms with Crippen molar-refractivity contribution < 1.29 is 9.53 Å². The van der Waals surface area contributed by atoms with Gasteiger partial charge in [0.2, 0.25) is 0 Å². The minimum atomic E-state index is -0.00446. The van der Waals surface area contributed by atoms with Crippen LogP contribution in [0, 0.1) is 0 Å². The molecule has 0 fully saturated rings. The Hall–Kier alpha value is -1.56. The number of amides is 1. The molecule has 0 aliphatic carbocycles. The lowest BCUT2D eigenvalue weighted by Gasteiger charge is -2.16. The first-order valence-corrected chi connectivity index (χ1v) is 8.45. The summed E-state index contributed by atoms with van der Waals surface area (Å²) < 4.78 is 5.73. The quantitative estimate of drug-likeness (QED) is 0.783. The first-order valence-electron chi connectivity index (χ1n) is 7.63. The molecule has 0 saturated carbocycles. The fourth-order valence-electron chi connectivity index (χ4n) is 2.46. The standard InChI is InChI=1S/C17H20N2O2S.ClH/c1-2-7-18-8-9-19-17(20)15-10-12-11-21-14-6-4-3-5-13(14)16(12)22-15;/h3-6,10,18H,2,7-9,11H2,1H3,(H,19,20);1H. The summed E-state index contributed by atoms with van der Waals surface area (Å²) in [7, 11) is 0. The van der Waals surface area contributed by atoms with Crippen molar-refractivity contribution in [3.63, 3.8) is 0 Å². The number of rotatable bonds is 6. The van der Waals surface area contributed by atoms with Gasteiger partial charge < -0.3 is 15.4 Å². The second-order valence-corrected chi connectivity index (χ2v) is 6.31. The van der Waals surface area contributed by atoms with Crippen LogP contribution >= 0.6 is 23.7 Å². The zero-order valence-electron chi connectivity index (χ0n) is 13.1. The normalized spacial score (nSPS) is 11.7.